The zero-order valence-electron chi connectivity index (χ0n) is 3.89. The van der Waals surface area contributed by atoms with E-state index in [9.17, 15) is 5.11 Å². The maximum absolute atomic E-state index is 10.4. The molecule has 0 heterocycles. The van der Waals surface area contributed by atoms with E-state index in [1.807, 2.05) is 0 Å². The summed E-state index contributed by atoms with van der Waals surface area (Å²) in [6, 6.07) is 0. The predicted octanol–water partition coefficient (Wildman–Crippen LogP) is 0.166. The maximum atomic E-state index is 10.4. The van der Waals surface area contributed by atoms with Gasteiger partial charge in [-0.2, -0.15) is 0 Å². The van der Waals surface area contributed by atoms with Gasteiger partial charge in [0, 0.05) is 0 Å². The van der Waals surface area contributed by atoms with Gasteiger partial charge >= 0.3 is 45.1 Å². The predicted molar refractivity (Wildman–Crippen MR) is 26.6 cm³/mol. The first-order valence-corrected chi connectivity index (χ1v) is 2.72. The van der Waals surface area contributed by atoms with Crippen LogP contribution in [0.3, 0.4) is 0 Å². The van der Waals surface area contributed by atoms with E-state index in [0.717, 1.165) is 0 Å². The third-order valence-corrected chi connectivity index (χ3v) is 1.47. The van der Waals surface area contributed by atoms with Crippen molar-refractivity contribution in [3.05, 3.63) is 0 Å². The van der Waals surface area contributed by atoms with Gasteiger partial charge < -0.3 is 0 Å². The van der Waals surface area contributed by atoms with E-state index >= 15 is 0 Å². The van der Waals surface area contributed by atoms with Crippen molar-refractivity contribution in [1.82, 2.24) is 0 Å². The Labute approximate surface area is 45.7 Å². The second-order valence-corrected chi connectivity index (χ2v) is 2.22. The standard InChI is InChI=1S/C4H7OSe/c1-4(2,5)3-6/h3H,1-2H3. The quantitative estimate of drug-likeness (QED) is 0.475. The normalized spacial score (nSPS) is 11.2. The van der Waals surface area contributed by atoms with Crippen LogP contribution in [0.5, 0.6) is 0 Å². The van der Waals surface area contributed by atoms with Gasteiger partial charge in [0.1, 0.15) is 0 Å². The van der Waals surface area contributed by atoms with Gasteiger partial charge in [0.25, 0.3) is 0 Å². The number of rotatable bonds is 1. The summed E-state index contributed by atoms with van der Waals surface area (Å²) >= 11 is 2.55. The summed E-state index contributed by atoms with van der Waals surface area (Å²) < 4.78 is 0. The van der Waals surface area contributed by atoms with Gasteiger partial charge in [-0.05, 0) is 0 Å². The van der Waals surface area contributed by atoms with E-state index in [0.29, 0.717) is 0 Å². The Bertz CT molecular complexity index is 53.1. The van der Waals surface area contributed by atoms with Crippen LogP contribution < -0.4 is 0 Å². The van der Waals surface area contributed by atoms with E-state index < -0.39 is 5.60 Å². The van der Waals surface area contributed by atoms with E-state index in [1.165, 1.54) is 4.92 Å². The fourth-order valence-corrected chi connectivity index (χ4v) is 0. The Hall–Kier alpha value is 0.349. The molecule has 0 aromatic heterocycles. The molecule has 0 aliphatic carbocycles. The van der Waals surface area contributed by atoms with Crippen molar-refractivity contribution in [3.8, 4) is 0 Å². The SMILES string of the molecule is CC(C)([O])C=[Se]. The average molecular weight is 150 g/mol. The Morgan fingerprint density at radius 3 is 1.83 bits per heavy atom. The molecular formula is C4H7OSe. The second-order valence-electron chi connectivity index (χ2n) is 1.72. The summed E-state index contributed by atoms with van der Waals surface area (Å²) in [4.78, 5) is 1.51. The third kappa shape index (κ3) is 4.35. The molecule has 0 aromatic carbocycles. The van der Waals surface area contributed by atoms with Crippen LogP contribution in [0.2, 0.25) is 0 Å². The molecule has 1 nitrogen and oxygen atoms in total. The van der Waals surface area contributed by atoms with Crippen LogP contribution in [0.1, 0.15) is 13.8 Å². The van der Waals surface area contributed by atoms with Gasteiger partial charge in [-0.1, -0.05) is 0 Å². The molecule has 0 spiro atoms. The minimum absolute atomic E-state index is 0.889. The molecule has 0 rings (SSSR count). The first-order chi connectivity index (χ1) is 2.56. The van der Waals surface area contributed by atoms with Crippen LogP contribution >= 0.6 is 0 Å². The van der Waals surface area contributed by atoms with Crippen LogP contribution in [0.4, 0.5) is 0 Å². The molecule has 0 bridgehead atoms. The van der Waals surface area contributed by atoms with Crippen LogP contribution in [0.25, 0.3) is 0 Å². The molecule has 6 heavy (non-hydrogen) atoms. The van der Waals surface area contributed by atoms with Crippen LogP contribution in [0.15, 0.2) is 0 Å². The van der Waals surface area contributed by atoms with Gasteiger partial charge in [0.15, 0.2) is 0 Å². The van der Waals surface area contributed by atoms with Gasteiger partial charge in [-0.3, -0.25) is 0 Å². The van der Waals surface area contributed by atoms with Gasteiger partial charge in [0.2, 0.25) is 0 Å². The molecule has 0 N–H and O–H groups in total. The first-order valence-electron chi connectivity index (χ1n) is 1.73. The van der Waals surface area contributed by atoms with E-state index in [1.54, 1.807) is 13.8 Å². The summed E-state index contributed by atoms with van der Waals surface area (Å²) in [5.74, 6) is 0. The summed E-state index contributed by atoms with van der Waals surface area (Å²) in [6.45, 7) is 3.20. The fraction of sp³-hybridized carbons (Fsp3) is 0.750. The van der Waals surface area contributed by atoms with Crippen LogP contribution in [0, 0.1) is 0 Å². The Morgan fingerprint density at radius 1 is 1.67 bits per heavy atom. The summed E-state index contributed by atoms with van der Waals surface area (Å²) in [5, 5.41) is 10.4. The fourth-order valence-electron chi connectivity index (χ4n) is 0. The summed E-state index contributed by atoms with van der Waals surface area (Å²) in [5.41, 5.74) is -0.889. The van der Waals surface area contributed by atoms with Crippen molar-refractivity contribution in [2.24, 2.45) is 0 Å². The molecule has 0 unspecified atom stereocenters. The van der Waals surface area contributed by atoms with E-state index in [-0.39, 0.29) is 0 Å². The number of hydrogen-bond acceptors (Lipinski definition) is 0. The van der Waals surface area contributed by atoms with Crippen molar-refractivity contribution in [2.45, 2.75) is 19.4 Å². The first kappa shape index (κ1) is 6.35. The molecule has 0 saturated carbocycles. The molecule has 2 heteroatoms. The van der Waals surface area contributed by atoms with Crippen molar-refractivity contribution >= 4 is 20.5 Å². The summed E-state index contributed by atoms with van der Waals surface area (Å²) in [6.07, 6.45) is 0. The Morgan fingerprint density at radius 2 is 1.83 bits per heavy atom. The van der Waals surface area contributed by atoms with Crippen molar-refractivity contribution in [2.75, 3.05) is 0 Å². The molecule has 0 fully saturated rings. The average Bonchev–Trinajstić information content (AvgIpc) is 1.35. The molecule has 0 aromatic rings. The monoisotopic (exact) mass is 151 g/mol. The second kappa shape index (κ2) is 1.87. The molecule has 1 radical (unpaired) electrons. The molecule has 0 saturated heterocycles. The van der Waals surface area contributed by atoms with Crippen molar-refractivity contribution < 1.29 is 5.11 Å². The molecule has 0 aliphatic rings. The molecular weight excluding hydrogens is 143 g/mol. The van der Waals surface area contributed by atoms with Gasteiger partial charge in [0.05, 0.1) is 0 Å². The number of hydrogen-bond donors (Lipinski definition) is 0. The van der Waals surface area contributed by atoms with E-state index in [4.69, 9.17) is 0 Å². The third-order valence-electron chi connectivity index (χ3n) is 0.284. The Kier molecular flexibility index (Phi) is 1.98. The zero-order chi connectivity index (χ0) is 5.21. The molecule has 0 atom stereocenters. The zero-order valence-corrected chi connectivity index (χ0v) is 5.61. The topological polar surface area (TPSA) is 19.9 Å². The minimum atomic E-state index is -0.889. The summed E-state index contributed by atoms with van der Waals surface area (Å²) in [7, 11) is 0. The van der Waals surface area contributed by atoms with Crippen LogP contribution in [-0.4, -0.2) is 26.1 Å². The van der Waals surface area contributed by atoms with Gasteiger partial charge in [-0.15, -0.1) is 0 Å². The van der Waals surface area contributed by atoms with E-state index in [2.05, 4.69) is 15.6 Å². The molecule has 0 aliphatic heterocycles. The molecule has 35 valence electrons. The Balaban J connectivity index is 3.45. The van der Waals surface area contributed by atoms with Crippen molar-refractivity contribution in [3.63, 3.8) is 0 Å². The van der Waals surface area contributed by atoms with Gasteiger partial charge in [-0.25, -0.2) is 0 Å². The van der Waals surface area contributed by atoms with Crippen molar-refractivity contribution in [1.29, 1.82) is 0 Å². The van der Waals surface area contributed by atoms with Crippen LogP contribution in [-0.2, 0) is 5.11 Å². The molecule has 0 amide bonds.